The lowest BCUT2D eigenvalue weighted by Gasteiger charge is -2.35. The molecule has 3 amide bonds. The summed E-state index contributed by atoms with van der Waals surface area (Å²) in [6, 6.07) is 3.32. The number of halogens is 2. The van der Waals surface area contributed by atoms with Crippen LogP contribution in [-0.4, -0.2) is 59.7 Å². The van der Waals surface area contributed by atoms with E-state index in [1.165, 1.54) is 12.1 Å². The van der Waals surface area contributed by atoms with Crippen LogP contribution < -0.4 is 4.90 Å². The summed E-state index contributed by atoms with van der Waals surface area (Å²) in [6.45, 7) is 2.94. The van der Waals surface area contributed by atoms with Crippen molar-refractivity contribution in [1.82, 2.24) is 9.80 Å². The van der Waals surface area contributed by atoms with E-state index >= 15 is 0 Å². The van der Waals surface area contributed by atoms with Crippen molar-refractivity contribution in [3.8, 4) is 0 Å². The fourth-order valence-electron chi connectivity index (χ4n) is 4.45. The van der Waals surface area contributed by atoms with E-state index in [2.05, 4.69) is 0 Å². The van der Waals surface area contributed by atoms with E-state index in [1.54, 1.807) is 0 Å². The minimum atomic E-state index is -0.592. The number of hydrogen-bond donors (Lipinski definition) is 0. The van der Waals surface area contributed by atoms with Gasteiger partial charge in [-0.2, -0.15) is 0 Å². The van der Waals surface area contributed by atoms with Gasteiger partial charge in [0.05, 0.1) is 23.2 Å². The van der Waals surface area contributed by atoms with Gasteiger partial charge >= 0.3 is 0 Å². The zero-order valence-corrected chi connectivity index (χ0v) is 16.3. The van der Waals surface area contributed by atoms with Crippen molar-refractivity contribution in [2.45, 2.75) is 38.1 Å². The highest BCUT2D eigenvalue weighted by atomic mass is 35.5. The molecule has 0 unspecified atom stereocenters. The summed E-state index contributed by atoms with van der Waals surface area (Å²) in [5.41, 5.74) is 0.294. The average molecular weight is 408 g/mol. The minimum Gasteiger partial charge on any atom is -0.342 e. The van der Waals surface area contributed by atoms with Gasteiger partial charge in [-0.05, 0) is 57.0 Å². The van der Waals surface area contributed by atoms with Gasteiger partial charge in [0.25, 0.3) is 5.91 Å². The normalized spacial score (nSPS) is 24.4. The summed E-state index contributed by atoms with van der Waals surface area (Å²) in [4.78, 5) is 43.0. The van der Waals surface area contributed by atoms with Crippen LogP contribution in [0, 0.1) is 11.7 Å². The minimum absolute atomic E-state index is 0.00793. The zero-order valence-electron chi connectivity index (χ0n) is 15.6. The van der Waals surface area contributed by atoms with Crippen LogP contribution >= 0.6 is 11.6 Å². The second-order valence-electron chi connectivity index (χ2n) is 7.73. The molecule has 8 heteroatoms. The lowest BCUT2D eigenvalue weighted by atomic mass is 9.94. The number of amides is 3. The maximum Gasteiger partial charge on any atom is 0.251 e. The monoisotopic (exact) mass is 407 g/mol. The van der Waals surface area contributed by atoms with E-state index in [9.17, 15) is 18.8 Å². The van der Waals surface area contributed by atoms with Crippen LogP contribution in [0.2, 0.25) is 5.02 Å². The highest BCUT2D eigenvalue weighted by molar-refractivity contribution is 6.31. The fourth-order valence-corrected chi connectivity index (χ4v) is 4.63. The first-order valence-electron chi connectivity index (χ1n) is 9.80. The third-order valence-electron chi connectivity index (χ3n) is 6.02. The SMILES string of the molecule is O=C(C1CCN([C@@H]2CC(=O)N(c3ccc(F)c(Cl)c3)C2=O)CC1)N1CCCC1. The molecular formula is C20H23ClFN3O3. The van der Waals surface area contributed by atoms with Crippen LogP contribution in [0.1, 0.15) is 32.1 Å². The first kappa shape index (κ1) is 19.3. The van der Waals surface area contributed by atoms with Crippen molar-refractivity contribution in [1.29, 1.82) is 0 Å². The molecule has 3 aliphatic heterocycles. The van der Waals surface area contributed by atoms with E-state index in [1.807, 2.05) is 9.80 Å². The number of carbonyl (C=O) groups excluding carboxylic acids is 3. The zero-order chi connectivity index (χ0) is 19.8. The van der Waals surface area contributed by atoms with Crippen LogP contribution in [0.25, 0.3) is 0 Å². The second kappa shape index (κ2) is 7.79. The van der Waals surface area contributed by atoms with Gasteiger partial charge in [0.2, 0.25) is 11.8 Å². The smallest absolute Gasteiger partial charge is 0.251 e. The lowest BCUT2D eigenvalue weighted by molar-refractivity contribution is -0.136. The molecular weight excluding hydrogens is 385 g/mol. The Balaban J connectivity index is 1.40. The Kier molecular flexibility index (Phi) is 5.38. The third-order valence-corrected chi connectivity index (χ3v) is 6.31. The largest absolute Gasteiger partial charge is 0.342 e. The summed E-state index contributed by atoms with van der Waals surface area (Å²) in [5.74, 6) is -0.974. The first-order chi connectivity index (χ1) is 13.5. The quantitative estimate of drug-likeness (QED) is 0.722. The highest BCUT2D eigenvalue weighted by Gasteiger charge is 2.44. The summed E-state index contributed by atoms with van der Waals surface area (Å²) < 4.78 is 13.4. The second-order valence-corrected chi connectivity index (χ2v) is 8.14. The molecule has 3 heterocycles. The van der Waals surface area contributed by atoms with Gasteiger partial charge in [-0.1, -0.05) is 11.6 Å². The van der Waals surface area contributed by atoms with Crippen LogP contribution in [0.15, 0.2) is 18.2 Å². The Morgan fingerprint density at radius 2 is 1.75 bits per heavy atom. The van der Waals surface area contributed by atoms with E-state index in [4.69, 9.17) is 11.6 Å². The predicted molar refractivity (Wildman–Crippen MR) is 102 cm³/mol. The molecule has 1 aromatic carbocycles. The van der Waals surface area contributed by atoms with E-state index < -0.39 is 11.9 Å². The van der Waals surface area contributed by atoms with Gasteiger partial charge in [0.15, 0.2) is 0 Å². The number of imide groups is 1. The highest BCUT2D eigenvalue weighted by Crippen LogP contribution is 2.31. The molecule has 0 saturated carbocycles. The maximum atomic E-state index is 13.4. The lowest BCUT2D eigenvalue weighted by Crippen LogP contribution is -2.48. The van der Waals surface area contributed by atoms with Crippen molar-refractivity contribution < 1.29 is 18.8 Å². The number of likely N-dealkylation sites (tertiary alicyclic amines) is 2. The number of benzene rings is 1. The Hall–Kier alpha value is -1.99. The Morgan fingerprint density at radius 3 is 2.39 bits per heavy atom. The van der Waals surface area contributed by atoms with Crippen LogP contribution in [0.4, 0.5) is 10.1 Å². The number of hydrogen-bond acceptors (Lipinski definition) is 4. The average Bonchev–Trinajstić information content (AvgIpc) is 3.32. The van der Waals surface area contributed by atoms with Crippen molar-refractivity contribution >= 4 is 35.0 Å². The molecule has 6 nitrogen and oxygen atoms in total. The summed E-state index contributed by atoms with van der Waals surface area (Å²) in [5, 5.41) is -0.122. The van der Waals surface area contributed by atoms with Gasteiger partial charge in [0, 0.05) is 19.0 Å². The summed E-state index contributed by atoms with van der Waals surface area (Å²) in [6.07, 6.45) is 3.66. The molecule has 0 aromatic heterocycles. The van der Waals surface area contributed by atoms with Crippen molar-refractivity contribution in [2.24, 2.45) is 5.92 Å². The maximum absolute atomic E-state index is 13.4. The number of rotatable bonds is 3. The van der Waals surface area contributed by atoms with Crippen molar-refractivity contribution in [3.05, 3.63) is 29.0 Å². The molecule has 0 spiro atoms. The number of anilines is 1. The van der Waals surface area contributed by atoms with Crippen LogP contribution in [-0.2, 0) is 14.4 Å². The fraction of sp³-hybridized carbons (Fsp3) is 0.550. The summed E-state index contributed by atoms with van der Waals surface area (Å²) in [7, 11) is 0. The first-order valence-corrected chi connectivity index (χ1v) is 10.2. The van der Waals surface area contributed by atoms with Crippen LogP contribution in [0.5, 0.6) is 0 Å². The molecule has 28 heavy (non-hydrogen) atoms. The number of carbonyl (C=O) groups is 3. The van der Waals surface area contributed by atoms with E-state index in [0.717, 1.165) is 36.9 Å². The Bertz CT molecular complexity index is 804. The van der Waals surface area contributed by atoms with Gasteiger partial charge in [0.1, 0.15) is 5.82 Å². The third kappa shape index (κ3) is 3.53. The van der Waals surface area contributed by atoms with Crippen LogP contribution in [0.3, 0.4) is 0 Å². The molecule has 0 aliphatic carbocycles. The van der Waals surface area contributed by atoms with E-state index in [-0.39, 0.29) is 35.1 Å². The standard InChI is InChI=1S/C20H23ClFN3O3/c21-15-11-14(3-4-16(15)22)25-18(26)12-17(20(25)28)23-9-5-13(6-10-23)19(27)24-7-1-2-8-24/h3-4,11,13,17H,1-2,5-10,12H2/t17-/m1/s1. The molecule has 0 bridgehead atoms. The molecule has 3 saturated heterocycles. The molecule has 4 rings (SSSR count). The molecule has 150 valence electrons. The molecule has 3 aliphatic rings. The molecule has 3 fully saturated rings. The topological polar surface area (TPSA) is 60.9 Å². The van der Waals surface area contributed by atoms with Crippen molar-refractivity contribution in [3.63, 3.8) is 0 Å². The molecule has 0 N–H and O–H groups in total. The molecule has 1 aromatic rings. The molecule has 0 radical (unpaired) electrons. The van der Waals surface area contributed by atoms with Gasteiger partial charge in [-0.15, -0.1) is 0 Å². The number of piperidine rings is 1. The molecule has 1 atom stereocenters. The van der Waals surface area contributed by atoms with Gasteiger partial charge < -0.3 is 4.90 Å². The number of nitrogens with zero attached hydrogens (tertiary/aromatic N) is 3. The van der Waals surface area contributed by atoms with E-state index in [0.29, 0.717) is 31.6 Å². The summed E-state index contributed by atoms with van der Waals surface area (Å²) >= 11 is 5.80. The Labute approximate surface area is 168 Å². The predicted octanol–water partition coefficient (Wildman–Crippen LogP) is 2.45. The van der Waals surface area contributed by atoms with Crippen molar-refractivity contribution in [2.75, 3.05) is 31.1 Å². The Morgan fingerprint density at radius 1 is 1.07 bits per heavy atom. The van der Waals surface area contributed by atoms with Gasteiger partial charge in [-0.3, -0.25) is 19.3 Å². The van der Waals surface area contributed by atoms with Gasteiger partial charge in [-0.25, -0.2) is 9.29 Å².